The van der Waals surface area contributed by atoms with E-state index in [1.165, 1.54) is 6.21 Å². The molecule has 0 saturated carbocycles. The van der Waals surface area contributed by atoms with E-state index in [1.54, 1.807) is 0 Å². The van der Waals surface area contributed by atoms with E-state index in [1.807, 2.05) is 24.3 Å². The van der Waals surface area contributed by atoms with Gasteiger partial charge < -0.3 is 10.4 Å². The van der Waals surface area contributed by atoms with Crippen molar-refractivity contribution in [3.8, 4) is 0 Å². The lowest BCUT2D eigenvalue weighted by atomic mass is 10.3. The normalized spacial score (nSPS) is 10.2. The van der Waals surface area contributed by atoms with Gasteiger partial charge in [0.25, 0.3) is 0 Å². The summed E-state index contributed by atoms with van der Waals surface area (Å²) in [6.45, 7) is 0. The van der Waals surface area contributed by atoms with Crippen LogP contribution in [0.25, 0.3) is 11.0 Å². The molecule has 0 atom stereocenters. The molecule has 0 spiro atoms. The van der Waals surface area contributed by atoms with E-state index in [0.717, 1.165) is 11.0 Å². The molecule has 0 unspecified atom stereocenters. The third-order valence-corrected chi connectivity index (χ3v) is 1.54. The van der Waals surface area contributed by atoms with Gasteiger partial charge in [-0.15, -0.1) is 0 Å². The van der Waals surface area contributed by atoms with Crippen molar-refractivity contribution < 1.29 is 0 Å². The van der Waals surface area contributed by atoms with Gasteiger partial charge in [-0.1, -0.05) is 12.1 Å². The number of aromatic amines is 1. The first-order valence-corrected chi connectivity index (χ1v) is 3.35. The van der Waals surface area contributed by atoms with E-state index in [2.05, 4.69) is 9.97 Å². The van der Waals surface area contributed by atoms with Crippen LogP contribution in [0.15, 0.2) is 24.3 Å². The summed E-state index contributed by atoms with van der Waals surface area (Å²) in [5.41, 5.74) is 1.89. The average molecular weight is 145 g/mol. The quantitative estimate of drug-likeness (QED) is 0.588. The Kier molecular flexibility index (Phi) is 1.22. The van der Waals surface area contributed by atoms with E-state index >= 15 is 0 Å². The minimum atomic E-state index is 0.603. The zero-order valence-electron chi connectivity index (χ0n) is 5.83. The van der Waals surface area contributed by atoms with Crippen LogP contribution in [-0.2, 0) is 0 Å². The summed E-state index contributed by atoms with van der Waals surface area (Å²) in [7, 11) is 0. The lowest BCUT2D eigenvalue weighted by Gasteiger charge is -1.81. The Hall–Kier alpha value is -1.64. The second kappa shape index (κ2) is 2.20. The van der Waals surface area contributed by atoms with Gasteiger partial charge in [0.15, 0.2) is 0 Å². The van der Waals surface area contributed by atoms with Crippen molar-refractivity contribution in [2.45, 2.75) is 0 Å². The van der Waals surface area contributed by atoms with Gasteiger partial charge in [-0.05, 0) is 12.1 Å². The summed E-state index contributed by atoms with van der Waals surface area (Å²) >= 11 is 0. The van der Waals surface area contributed by atoms with Gasteiger partial charge in [-0.3, -0.25) is 0 Å². The first kappa shape index (κ1) is 6.09. The fourth-order valence-electron chi connectivity index (χ4n) is 1.04. The van der Waals surface area contributed by atoms with Crippen molar-refractivity contribution >= 4 is 17.2 Å². The molecule has 0 fully saturated rings. The molecule has 3 nitrogen and oxygen atoms in total. The molecule has 0 aliphatic carbocycles. The second-order valence-corrected chi connectivity index (χ2v) is 2.28. The van der Waals surface area contributed by atoms with Crippen molar-refractivity contribution in [1.29, 1.82) is 5.41 Å². The third-order valence-electron chi connectivity index (χ3n) is 1.54. The Balaban J connectivity index is 2.78. The Morgan fingerprint density at radius 2 is 2.18 bits per heavy atom. The first-order valence-electron chi connectivity index (χ1n) is 3.35. The predicted molar refractivity (Wildman–Crippen MR) is 44.0 cm³/mol. The van der Waals surface area contributed by atoms with Gasteiger partial charge in [0.1, 0.15) is 5.82 Å². The maximum absolute atomic E-state index is 6.96. The molecule has 2 N–H and O–H groups in total. The Labute approximate surface area is 63.6 Å². The van der Waals surface area contributed by atoms with Crippen LogP contribution < -0.4 is 0 Å². The summed E-state index contributed by atoms with van der Waals surface area (Å²) in [5, 5.41) is 6.96. The summed E-state index contributed by atoms with van der Waals surface area (Å²) in [4.78, 5) is 7.12. The molecule has 1 aromatic heterocycles. The number of imidazole rings is 1. The number of benzene rings is 1. The van der Waals surface area contributed by atoms with Crippen molar-refractivity contribution in [3.63, 3.8) is 0 Å². The molecule has 3 heteroatoms. The van der Waals surface area contributed by atoms with Gasteiger partial charge in [0, 0.05) is 0 Å². The van der Waals surface area contributed by atoms with Gasteiger partial charge in [-0.25, -0.2) is 4.98 Å². The van der Waals surface area contributed by atoms with Crippen LogP contribution >= 0.6 is 0 Å². The highest BCUT2D eigenvalue weighted by atomic mass is 14.9. The van der Waals surface area contributed by atoms with Crippen LogP contribution in [0.5, 0.6) is 0 Å². The SMILES string of the molecule is N=Cc1nc2ccccc2[nH]1. The monoisotopic (exact) mass is 145 g/mol. The van der Waals surface area contributed by atoms with Gasteiger partial charge in [-0.2, -0.15) is 0 Å². The number of nitrogens with zero attached hydrogens (tertiary/aromatic N) is 1. The van der Waals surface area contributed by atoms with E-state index in [-0.39, 0.29) is 0 Å². The van der Waals surface area contributed by atoms with Crippen molar-refractivity contribution in [3.05, 3.63) is 30.1 Å². The number of hydrogen-bond acceptors (Lipinski definition) is 2. The molecule has 54 valence electrons. The number of hydrogen-bond donors (Lipinski definition) is 2. The third kappa shape index (κ3) is 0.902. The summed E-state index contributed by atoms with van der Waals surface area (Å²) in [6.07, 6.45) is 1.21. The molecule has 2 rings (SSSR count). The fourth-order valence-corrected chi connectivity index (χ4v) is 1.04. The highest BCUT2D eigenvalue weighted by Crippen LogP contribution is 2.08. The van der Waals surface area contributed by atoms with Gasteiger partial charge in [0.2, 0.25) is 0 Å². The zero-order valence-corrected chi connectivity index (χ0v) is 5.83. The molecular weight excluding hydrogens is 138 g/mol. The maximum Gasteiger partial charge on any atom is 0.148 e. The molecule has 0 amide bonds. The molecular formula is C8H7N3. The lowest BCUT2D eigenvalue weighted by molar-refractivity contribution is 1.29. The topological polar surface area (TPSA) is 52.5 Å². The van der Waals surface area contributed by atoms with E-state index in [9.17, 15) is 0 Å². The van der Waals surface area contributed by atoms with Crippen LogP contribution in [-0.4, -0.2) is 16.2 Å². The zero-order chi connectivity index (χ0) is 7.68. The second-order valence-electron chi connectivity index (χ2n) is 2.28. The molecule has 0 radical (unpaired) electrons. The highest BCUT2D eigenvalue weighted by Gasteiger charge is 1.96. The number of fused-ring (bicyclic) bond motifs is 1. The standard InChI is InChI=1S/C8H7N3/c9-5-8-10-6-3-1-2-4-7(6)11-8/h1-5,9H,(H,10,11). The fraction of sp³-hybridized carbons (Fsp3) is 0. The van der Waals surface area contributed by atoms with Gasteiger partial charge in [0.05, 0.1) is 17.2 Å². The summed E-state index contributed by atoms with van der Waals surface area (Å²) in [6, 6.07) is 7.72. The van der Waals surface area contributed by atoms with E-state index in [0.29, 0.717) is 5.82 Å². The Bertz CT molecular complexity index is 356. The summed E-state index contributed by atoms with van der Waals surface area (Å²) in [5.74, 6) is 0.603. The van der Waals surface area contributed by atoms with Gasteiger partial charge >= 0.3 is 0 Å². The lowest BCUT2D eigenvalue weighted by Crippen LogP contribution is -1.78. The smallest absolute Gasteiger partial charge is 0.148 e. The van der Waals surface area contributed by atoms with Crippen LogP contribution in [0.1, 0.15) is 5.82 Å². The average Bonchev–Trinajstić information content (AvgIpc) is 2.46. The molecule has 0 bridgehead atoms. The minimum Gasteiger partial charge on any atom is -0.337 e. The number of nitrogens with one attached hydrogen (secondary N) is 2. The van der Waals surface area contributed by atoms with Crippen molar-refractivity contribution in [2.75, 3.05) is 0 Å². The summed E-state index contributed by atoms with van der Waals surface area (Å²) < 4.78 is 0. The molecule has 0 aliphatic rings. The predicted octanol–water partition coefficient (Wildman–Crippen LogP) is 1.56. The van der Waals surface area contributed by atoms with Crippen LogP contribution in [0.4, 0.5) is 0 Å². The Morgan fingerprint density at radius 3 is 2.91 bits per heavy atom. The molecule has 11 heavy (non-hydrogen) atoms. The number of para-hydroxylation sites is 2. The van der Waals surface area contributed by atoms with E-state index in [4.69, 9.17) is 5.41 Å². The van der Waals surface area contributed by atoms with E-state index < -0.39 is 0 Å². The van der Waals surface area contributed by atoms with Crippen LogP contribution in [0.3, 0.4) is 0 Å². The molecule has 2 aromatic rings. The van der Waals surface area contributed by atoms with Crippen molar-refractivity contribution in [1.82, 2.24) is 9.97 Å². The first-order chi connectivity index (χ1) is 5.40. The van der Waals surface area contributed by atoms with Crippen molar-refractivity contribution in [2.24, 2.45) is 0 Å². The molecule has 0 aliphatic heterocycles. The van der Waals surface area contributed by atoms with Crippen LogP contribution in [0, 0.1) is 5.41 Å². The largest absolute Gasteiger partial charge is 0.337 e. The number of H-pyrrole nitrogens is 1. The minimum absolute atomic E-state index is 0.603. The van der Waals surface area contributed by atoms with Crippen LogP contribution in [0.2, 0.25) is 0 Å². The maximum atomic E-state index is 6.96. The molecule has 0 saturated heterocycles. The molecule has 1 heterocycles. The molecule has 1 aromatic carbocycles. The Morgan fingerprint density at radius 1 is 1.36 bits per heavy atom. The number of aromatic nitrogens is 2. The highest BCUT2D eigenvalue weighted by molar-refractivity contribution is 5.82. The number of rotatable bonds is 1.